The smallest absolute Gasteiger partial charge is 0.165 e. The molecule has 0 amide bonds. The van der Waals surface area contributed by atoms with E-state index in [1.54, 1.807) is 6.92 Å². The fourth-order valence-electron chi connectivity index (χ4n) is 1.09. The van der Waals surface area contributed by atoms with E-state index in [1.165, 1.54) is 6.07 Å². The minimum atomic E-state index is -0.405. The highest BCUT2D eigenvalue weighted by atomic mass is 35.5. The molecule has 1 nitrogen and oxygen atoms in total. The van der Waals surface area contributed by atoms with Gasteiger partial charge < -0.3 is 0 Å². The lowest BCUT2D eigenvalue weighted by Gasteiger charge is -2.04. The van der Waals surface area contributed by atoms with Crippen LogP contribution in [-0.4, -0.2) is 11.7 Å². The van der Waals surface area contributed by atoms with Gasteiger partial charge in [0.05, 0.1) is 5.02 Å². The monoisotopic (exact) mass is 234 g/mol. The topological polar surface area (TPSA) is 17.1 Å². The number of ketones is 1. The van der Waals surface area contributed by atoms with Gasteiger partial charge in [0.15, 0.2) is 5.78 Å². The molecule has 0 aromatic heterocycles. The molecule has 0 N–H and O–H groups in total. The van der Waals surface area contributed by atoms with Crippen LogP contribution in [-0.2, 0) is 0 Å². The molecule has 0 aliphatic heterocycles. The van der Waals surface area contributed by atoms with Crippen molar-refractivity contribution in [3.8, 4) is 0 Å². The Labute approximate surface area is 91.8 Å². The summed E-state index contributed by atoms with van der Waals surface area (Å²) in [6.45, 7) is 1.59. The number of halogens is 3. The van der Waals surface area contributed by atoms with Crippen LogP contribution in [0.2, 0.25) is 5.02 Å². The van der Waals surface area contributed by atoms with Crippen LogP contribution >= 0.6 is 23.2 Å². The van der Waals surface area contributed by atoms with Crippen LogP contribution in [0.15, 0.2) is 12.1 Å². The summed E-state index contributed by atoms with van der Waals surface area (Å²) in [6.07, 6.45) is 0.215. The Morgan fingerprint density at radius 3 is 2.71 bits per heavy atom. The summed E-state index contributed by atoms with van der Waals surface area (Å²) in [5.41, 5.74) is 0.749. The van der Waals surface area contributed by atoms with Crippen molar-refractivity contribution in [2.75, 3.05) is 5.88 Å². The van der Waals surface area contributed by atoms with Crippen LogP contribution in [0.1, 0.15) is 22.3 Å². The van der Waals surface area contributed by atoms with E-state index >= 15 is 0 Å². The standard InChI is InChI=1S/C10H9Cl2FO/c1-6-4-7(10(14)2-3-11)8(12)5-9(6)13/h4-5H,2-3H2,1H3. The van der Waals surface area contributed by atoms with Crippen LogP contribution in [0.25, 0.3) is 0 Å². The summed E-state index contributed by atoms with van der Waals surface area (Å²) >= 11 is 11.2. The van der Waals surface area contributed by atoms with Gasteiger partial charge in [0.2, 0.25) is 0 Å². The molecule has 1 rings (SSSR count). The molecule has 0 spiro atoms. The summed E-state index contributed by atoms with van der Waals surface area (Å²) in [5.74, 6) is -0.323. The normalized spacial score (nSPS) is 10.3. The second kappa shape index (κ2) is 4.76. The van der Waals surface area contributed by atoms with Gasteiger partial charge in [-0.25, -0.2) is 4.39 Å². The van der Waals surface area contributed by atoms with Gasteiger partial charge in [-0.3, -0.25) is 4.79 Å². The lowest BCUT2D eigenvalue weighted by Crippen LogP contribution is -2.02. The van der Waals surface area contributed by atoms with Crippen molar-refractivity contribution in [2.24, 2.45) is 0 Å². The number of hydrogen-bond acceptors (Lipinski definition) is 1. The summed E-state index contributed by atoms with van der Waals surface area (Å²) in [5, 5.41) is 0.142. The van der Waals surface area contributed by atoms with E-state index in [0.717, 1.165) is 6.07 Å². The molecule has 0 saturated heterocycles. The van der Waals surface area contributed by atoms with Crippen molar-refractivity contribution in [3.63, 3.8) is 0 Å². The lowest BCUT2D eigenvalue weighted by molar-refractivity contribution is 0.0989. The van der Waals surface area contributed by atoms with Crippen LogP contribution in [0.5, 0.6) is 0 Å². The third kappa shape index (κ3) is 2.46. The van der Waals surface area contributed by atoms with Crippen molar-refractivity contribution >= 4 is 29.0 Å². The maximum Gasteiger partial charge on any atom is 0.165 e. The van der Waals surface area contributed by atoms with Crippen LogP contribution in [0.3, 0.4) is 0 Å². The minimum absolute atomic E-state index is 0.142. The van der Waals surface area contributed by atoms with Crippen molar-refractivity contribution in [1.82, 2.24) is 0 Å². The molecule has 0 aliphatic rings. The molecule has 0 radical (unpaired) electrons. The number of rotatable bonds is 3. The van der Waals surface area contributed by atoms with Crippen molar-refractivity contribution in [2.45, 2.75) is 13.3 Å². The molecule has 0 atom stereocenters. The number of alkyl halides is 1. The maximum absolute atomic E-state index is 13.0. The van der Waals surface area contributed by atoms with E-state index in [0.29, 0.717) is 11.1 Å². The molecule has 1 aromatic rings. The van der Waals surface area contributed by atoms with Crippen molar-refractivity contribution in [3.05, 3.63) is 34.1 Å². The van der Waals surface area contributed by atoms with Gasteiger partial charge >= 0.3 is 0 Å². The highest BCUT2D eigenvalue weighted by molar-refractivity contribution is 6.34. The van der Waals surface area contributed by atoms with Gasteiger partial charge in [-0.2, -0.15) is 0 Å². The first-order chi connectivity index (χ1) is 6.56. The zero-order valence-electron chi connectivity index (χ0n) is 7.61. The fraction of sp³-hybridized carbons (Fsp3) is 0.300. The summed E-state index contributed by atoms with van der Waals surface area (Å²) in [4.78, 5) is 11.4. The van der Waals surface area contributed by atoms with Crippen LogP contribution in [0.4, 0.5) is 4.39 Å². The molecule has 14 heavy (non-hydrogen) atoms. The average Bonchev–Trinajstić information content (AvgIpc) is 2.11. The zero-order chi connectivity index (χ0) is 10.7. The first-order valence-electron chi connectivity index (χ1n) is 4.11. The van der Waals surface area contributed by atoms with E-state index in [1.807, 2.05) is 0 Å². The van der Waals surface area contributed by atoms with Gasteiger partial charge in [0.25, 0.3) is 0 Å². The number of aryl methyl sites for hydroxylation is 1. The minimum Gasteiger partial charge on any atom is -0.294 e. The number of benzene rings is 1. The Kier molecular flexibility index (Phi) is 3.90. The van der Waals surface area contributed by atoms with Gasteiger partial charge in [-0.1, -0.05) is 11.6 Å². The van der Waals surface area contributed by atoms with E-state index in [9.17, 15) is 9.18 Å². The molecule has 0 heterocycles. The average molecular weight is 235 g/mol. The van der Waals surface area contributed by atoms with Crippen molar-refractivity contribution in [1.29, 1.82) is 0 Å². The van der Waals surface area contributed by atoms with Crippen LogP contribution < -0.4 is 0 Å². The number of Topliss-reactive ketones (excluding diaryl/α,β-unsaturated/α-hetero) is 1. The first-order valence-corrected chi connectivity index (χ1v) is 5.02. The quantitative estimate of drug-likeness (QED) is 0.577. The molecule has 0 fully saturated rings. The van der Waals surface area contributed by atoms with E-state index in [2.05, 4.69) is 0 Å². The van der Waals surface area contributed by atoms with E-state index in [4.69, 9.17) is 23.2 Å². The summed E-state index contributed by atoms with van der Waals surface area (Å²) in [6, 6.07) is 2.60. The Morgan fingerprint density at radius 2 is 2.14 bits per heavy atom. The molecular formula is C10H9Cl2FO. The van der Waals surface area contributed by atoms with Gasteiger partial charge in [0, 0.05) is 17.9 Å². The second-order valence-electron chi connectivity index (χ2n) is 2.94. The molecular weight excluding hydrogens is 226 g/mol. The van der Waals surface area contributed by atoms with Gasteiger partial charge in [-0.15, -0.1) is 11.6 Å². The Balaban J connectivity index is 3.09. The van der Waals surface area contributed by atoms with Crippen molar-refractivity contribution < 1.29 is 9.18 Å². The van der Waals surface area contributed by atoms with Gasteiger partial charge in [-0.05, 0) is 24.6 Å². The maximum atomic E-state index is 13.0. The molecule has 1 aromatic carbocycles. The molecule has 0 saturated carbocycles. The molecule has 0 aliphatic carbocycles. The lowest BCUT2D eigenvalue weighted by atomic mass is 10.1. The zero-order valence-corrected chi connectivity index (χ0v) is 9.12. The Bertz CT molecular complexity index is 363. The fourth-order valence-corrected chi connectivity index (χ4v) is 1.52. The Hall–Kier alpha value is -0.600. The second-order valence-corrected chi connectivity index (χ2v) is 3.73. The highest BCUT2D eigenvalue weighted by Gasteiger charge is 2.12. The Morgan fingerprint density at radius 1 is 1.50 bits per heavy atom. The first kappa shape index (κ1) is 11.5. The third-order valence-electron chi connectivity index (χ3n) is 1.87. The SMILES string of the molecule is Cc1cc(C(=O)CCCl)c(Cl)cc1F. The number of hydrogen-bond donors (Lipinski definition) is 0. The predicted molar refractivity (Wildman–Crippen MR) is 55.8 cm³/mol. The number of carbonyl (C=O) groups is 1. The highest BCUT2D eigenvalue weighted by Crippen LogP contribution is 2.21. The predicted octanol–water partition coefficient (Wildman–Crippen LogP) is 3.60. The molecule has 0 bridgehead atoms. The molecule has 76 valence electrons. The number of carbonyl (C=O) groups excluding carboxylic acids is 1. The molecule has 4 heteroatoms. The third-order valence-corrected chi connectivity index (χ3v) is 2.37. The molecule has 0 unspecified atom stereocenters. The van der Waals surface area contributed by atoms with Gasteiger partial charge in [0.1, 0.15) is 5.82 Å². The summed E-state index contributed by atoms with van der Waals surface area (Å²) in [7, 11) is 0. The summed E-state index contributed by atoms with van der Waals surface area (Å²) < 4.78 is 13.0. The van der Waals surface area contributed by atoms with E-state index < -0.39 is 5.82 Å². The van der Waals surface area contributed by atoms with Crippen LogP contribution in [0, 0.1) is 12.7 Å². The van der Waals surface area contributed by atoms with E-state index in [-0.39, 0.29) is 23.1 Å². The largest absolute Gasteiger partial charge is 0.294 e.